The number of carbonyl (C=O) groups excluding carboxylic acids is 1. The van der Waals surface area contributed by atoms with Gasteiger partial charge in [-0.15, -0.1) is 0 Å². The van der Waals surface area contributed by atoms with Crippen LogP contribution in [0.4, 0.5) is 11.4 Å². The molecule has 4 nitrogen and oxygen atoms in total. The second kappa shape index (κ2) is 7.63. The summed E-state index contributed by atoms with van der Waals surface area (Å²) < 4.78 is 0. The predicted molar refractivity (Wildman–Crippen MR) is 91.3 cm³/mol. The highest BCUT2D eigenvalue weighted by atomic mass is 16.1. The molecule has 22 heavy (non-hydrogen) atoms. The third-order valence-electron chi connectivity index (χ3n) is 4.75. The quantitative estimate of drug-likeness (QED) is 0.902. The molecule has 1 amide bonds. The lowest BCUT2D eigenvalue weighted by Gasteiger charge is -2.24. The number of hydrogen-bond acceptors (Lipinski definition) is 3. The second-order valence-electron chi connectivity index (χ2n) is 6.48. The zero-order valence-corrected chi connectivity index (χ0v) is 13.3. The Kier molecular flexibility index (Phi) is 5.33. The number of rotatable bonds is 3. The van der Waals surface area contributed by atoms with Gasteiger partial charge in [0.15, 0.2) is 0 Å². The van der Waals surface area contributed by atoms with Crippen LogP contribution in [-0.2, 0) is 4.79 Å². The number of amides is 1. The zero-order chi connectivity index (χ0) is 15.2. The molecular weight excluding hydrogens is 274 g/mol. The van der Waals surface area contributed by atoms with E-state index in [0.29, 0.717) is 0 Å². The first-order chi connectivity index (χ1) is 10.8. The minimum Gasteiger partial charge on any atom is -0.371 e. The average Bonchev–Trinajstić information content (AvgIpc) is 2.85. The summed E-state index contributed by atoms with van der Waals surface area (Å²) in [4.78, 5) is 14.8. The van der Waals surface area contributed by atoms with Gasteiger partial charge in [0.2, 0.25) is 5.91 Å². The Bertz CT molecular complexity index is 489. The Hall–Kier alpha value is -1.55. The van der Waals surface area contributed by atoms with Gasteiger partial charge in [-0.05, 0) is 50.4 Å². The molecule has 0 saturated carbocycles. The van der Waals surface area contributed by atoms with E-state index in [2.05, 4.69) is 33.7 Å². The van der Waals surface area contributed by atoms with Crippen LogP contribution in [0.25, 0.3) is 0 Å². The largest absolute Gasteiger partial charge is 0.371 e. The van der Waals surface area contributed by atoms with Crippen LogP contribution in [0.1, 0.15) is 38.5 Å². The summed E-state index contributed by atoms with van der Waals surface area (Å²) in [6.07, 6.45) is 7.29. The fraction of sp³-hybridized carbons (Fsp3) is 0.611. The minimum absolute atomic E-state index is 0.107. The molecule has 0 aliphatic carbocycles. The first-order valence-corrected chi connectivity index (χ1v) is 8.69. The Labute approximate surface area is 133 Å². The lowest BCUT2D eigenvalue weighted by atomic mass is 9.99. The monoisotopic (exact) mass is 301 g/mol. The van der Waals surface area contributed by atoms with Crippen LogP contribution in [0.5, 0.6) is 0 Å². The van der Waals surface area contributed by atoms with Crippen molar-refractivity contribution in [3.8, 4) is 0 Å². The molecule has 0 aromatic heterocycles. The highest BCUT2D eigenvalue weighted by Crippen LogP contribution is 2.23. The van der Waals surface area contributed by atoms with Gasteiger partial charge in [0.25, 0.3) is 0 Å². The summed E-state index contributed by atoms with van der Waals surface area (Å²) in [5, 5.41) is 6.40. The molecule has 0 bridgehead atoms. The SMILES string of the molecule is O=C(Nc1cccc(N2CCCCCC2)c1)C1CCCNC1. The number of piperidine rings is 1. The molecule has 1 atom stereocenters. The Balaban J connectivity index is 1.64. The van der Waals surface area contributed by atoms with Gasteiger partial charge in [0.1, 0.15) is 0 Å². The van der Waals surface area contributed by atoms with Crippen LogP contribution in [0.15, 0.2) is 24.3 Å². The summed E-state index contributed by atoms with van der Waals surface area (Å²) in [7, 11) is 0. The average molecular weight is 301 g/mol. The summed E-state index contributed by atoms with van der Waals surface area (Å²) in [6, 6.07) is 8.33. The number of nitrogens with one attached hydrogen (secondary N) is 2. The Morgan fingerprint density at radius 3 is 2.68 bits per heavy atom. The lowest BCUT2D eigenvalue weighted by Crippen LogP contribution is -2.37. The molecule has 2 fully saturated rings. The Morgan fingerprint density at radius 2 is 1.95 bits per heavy atom. The molecule has 3 rings (SSSR count). The van der Waals surface area contributed by atoms with Crippen molar-refractivity contribution >= 4 is 17.3 Å². The molecule has 0 radical (unpaired) electrons. The van der Waals surface area contributed by atoms with E-state index in [1.54, 1.807) is 0 Å². The van der Waals surface area contributed by atoms with Gasteiger partial charge >= 0.3 is 0 Å². The molecule has 1 aromatic carbocycles. The Morgan fingerprint density at radius 1 is 1.14 bits per heavy atom. The normalized spacial score (nSPS) is 22.9. The molecule has 0 spiro atoms. The second-order valence-corrected chi connectivity index (χ2v) is 6.48. The molecule has 2 heterocycles. The van der Waals surface area contributed by atoms with E-state index in [1.165, 1.54) is 31.4 Å². The van der Waals surface area contributed by atoms with E-state index >= 15 is 0 Å². The van der Waals surface area contributed by atoms with Gasteiger partial charge in [0, 0.05) is 31.0 Å². The van der Waals surface area contributed by atoms with Crippen molar-refractivity contribution in [1.29, 1.82) is 0 Å². The van der Waals surface area contributed by atoms with Crippen LogP contribution in [0, 0.1) is 5.92 Å². The van der Waals surface area contributed by atoms with Crippen molar-refractivity contribution in [3.63, 3.8) is 0 Å². The third kappa shape index (κ3) is 4.01. The van der Waals surface area contributed by atoms with Crippen LogP contribution < -0.4 is 15.5 Å². The maximum atomic E-state index is 12.3. The van der Waals surface area contributed by atoms with Crippen LogP contribution in [0.2, 0.25) is 0 Å². The number of benzene rings is 1. The number of carbonyl (C=O) groups is 1. The fourth-order valence-corrected chi connectivity index (χ4v) is 3.43. The summed E-state index contributed by atoms with van der Waals surface area (Å²) >= 11 is 0. The maximum Gasteiger partial charge on any atom is 0.228 e. The number of anilines is 2. The molecule has 2 aliphatic heterocycles. The van der Waals surface area contributed by atoms with Crippen molar-refractivity contribution in [3.05, 3.63) is 24.3 Å². The van der Waals surface area contributed by atoms with E-state index in [9.17, 15) is 4.79 Å². The first kappa shape index (κ1) is 15.3. The van der Waals surface area contributed by atoms with Gasteiger partial charge in [0.05, 0.1) is 5.92 Å². The summed E-state index contributed by atoms with van der Waals surface area (Å²) in [5.41, 5.74) is 2.17. The minimum atomic E-state index is 0.107. The van der Waals surface area contributed by atoms with E-state index in [0.717, 1.165) is 44.7 Å². The first-order valence-electron chi connectivity index (χ1n) is 8.69. The van der Waals surface area contributed by atoms with Crippen LogP contribution in [-0.4, -0.2) is 32.1 Å². The number of hydrogen-bond donors (Lipinski definition) is 2. The molecule has 2 saturated heterocycles. The smallest absolute Gasteiger partial charge is 0.228 e. The van der Waals surface area contributed by atoms with E-state index in [-0.39, 0.29) is 11.8 Å². The fourth-order valence-electron chi connectivity index (χ4n) is 3.43. The van der Waals surface area contributed by atoms with Crippen LogP contribution >= 0.6 is 0 Å². The molecule has 2 aliphatic rings. The zero-order valence-electron chi connectivity index (χ0n) is 13.3. The van der Waals surface area contributed by atoms with Crippen molar-refractivity contribution in [2.45, 2.75) is 38.5 Å². The number of nitrogens with zero attached hydrogens (tertiary/aromatic N) is 1. The predicted octanol–water partition coefficient (Wildman–Crippen LogP) is 3.01. The highest BCUT2D eigenvalue weighted by molar-refractivity contribution is 5.93. The van der Waals surface area contributed by atoms with E-state index in [4.69, 9.17) is 0 Å². The van der Waals surface area contributed by atoms with Gasteiger partial charge in [-0.2, -0.15) is 0 Å². The maximum absolute atomic E-state index is 12.3. The van der Waals surface area contributed by atoms with Crippen molar-refractivity contribution in [2.24, 2.45) is 5.92 Å². The summed E-state index contributed by atoms with van der Waals surface area (Å²) in [6.45, 7) is 4.10. The molecule has 2 N–H and O–H groups in total. The van der Waals surface area contributed by atoms with Gasteiger partial charge in [-0.25, -0.2) is 0 Å². The standard InChI is InChI=1S/C18H27N3O/c22-18(15-7-6-10-19-14-15)20-16-8-5-9-17(13-16)21-11-3-1-2-4-12-21/h5,8-9,13,15,19H,1-4,6-7,10-12,14H2,(H,20,22). The highest BCUT2D eigenvalue weighted by Gasteiger charge is 2.21. The van der Waals surface area contributed by atoms with Crippen LogP contribution in [0.3, 0.4) is 0 Å². The topological polar surface area (TPSA) is 44.4 Å². The molecule has 120 valence electrons. The van der Waals surface area contributed by atoms with Crippen molar-refractivity contribution in [1.82, 2.24) is 5.32 Å². The summed E-state index contributed by atoms with van der Waals surface area (Å²) in [5.74, 6) is 0.260. The van der Waals surface area contributed by atoms with Crippen molar-refractivity contribution < 1.29 is 4.79 Å². The molecule has 1 aromatic rings. The van der Waals surface area contributed by atoms with Gasteiger partial charge < -0.3 is 15.5 Å². The lowest BCUT2D eigenvalue weighted by molar-refractivity contribution is -0.120. The van der Waals surface area contributed by atoms with E-state index < -0.39 is 0 Å². The van der Waals surface area contributed by atoms with Gasteiger partial charge in [-0.1, -0.05) is 18.9 Å². The molecule has 4 heteroatoms. The molecule has 1 unspecified atom stereocenters. The third-order valence-corrected chi connectivity index (χ3v) is 4.75. The van der Waals surface area contributed by atoms with E-state index in [1.807, 2.05) is 6.07 Å². The van der Waals surface area contributed by atoms with Gasteiger partial charge in [-0.3, -0.25) is 4.79 Å². The molecular formula is C18H27N3O. The van der Waals surface area contributed by atoms with Crippen molar-refractivity contribution in [2.75, 3.05) is 36.4 Å².